The Labute approximate surface area is 87.5 Å². The van der Waals surface area contributed by atoms with E-state index >= 15 is 0 Å². The largest absolute Gasteiger partial charge is 0.432 e. The van der Waals surface area contributed by atoms with Crippen molar-refractivity contribution in [2.75, 3.05) is 31.2 Å². The number of nitrogens with zero attached hydrogens (tertiary/aromatic N) is 2. The third kappa shape index (κ3) is 2.47. The Morgan fingerprint density at radius 1 is 1.53 bits per heavy atom. The lowest BCUT2D eigenvalue weighted by atomic mass is 10.3. The molecule has 1 aliphatic rings. The number of oxazole rings is 1. The minimum atomic E-state index is 0.0943. The van der Waals surface area contributed by atoms with Gasteiger partial charge in [-0.3, -0.25) is 5.41 Å². The van der Waals surface area contributed by atoms with Gasteiger partial charge in [-0.2, -0.15) is 4.98 Å². The topological polar surface area (TPSA) is 88.4 Å². The second kappa shape index (κ2) is 4.31. The van der Waals surface area contributed by atoms with E-state index < -0.39 is 0 Å². The van der Waals surface area contributed by atoms with E-state index in [1.807, 2.05) is 4.90 Å². The molecule has 0 radical (unpaired) electrons. The van der Waals surface area contributed by atoms with Crippen LogP contribution in [0.2, 0.25) is 0 Å². The fourth-order valence-electron chi connectivity index (χ4n) is 1.47. The molecule has 1 aromatic heterocycles. The second-order valence-corrected chi connectivity index (χ2v) is 3.42. The van der Waals surface area contributed by atoms with Gasteiger partial charge in [0.1, 0.15) is 6.26 Å². The van der Waals surface area contributed by atoms with Crippen molar-refractivity contribution in [1.29, 1.82) is 5.41 Å². The van der Waals surface area contributed by atoms with Crippen LogP contribution in [0.4, 0.5) is 6.01 Å². The lowest BCUT2D eigenvalue weighted by Gasteiger charge is -2.24. The summed E-state index contributed by atoms with van der Waals surface area (Å²) in [6, 6.07) is 0.592. The summed E-state index contributed by atoms with van der Waals surface area (Å²) in [4.78, 5) is 6.28. The van der Waals surface area contributed by atoms with Crippen LogP contribution in [0, 0.1) is 5.41 Å². The summed E-state index contributed by atoms with van der Waals surface area (Å²) in [5.74, 6) is 0.0943. The van der Waals surface area contributed by atoms with Crippen LogP contribution in [0.15, 0.2) is 10.7 Å². The van der Waals surface area contributed by atoms with Gasteiger partial charge >= 0.3 is 0 Å². The Hall–Kier alpha value is -1.56. The summed E-state index contributed by atoms with van der Waals surface area (Å²) < 4.78 is 10.5. The van der Waals surface area contributed by atoms with Gasteiger partial charge in [-0.1, -0.05) is 0 Å². The molecule has 1 fully saturated rings. The Morgan fingerprint density at radius 2 is 2.27 bits per heavy atom. The van der Waals surface area contributed by atoms with Crippen LogP contribution in [-0.2, 0) is 11.2 Å². The van der Waals surface area contributed by atoms with E-state index in [9.17, 15) is 0 Å². The van der Waals surface area contributed by atoms with Crippen molar-refractivity contribution in [2.45, 2.75) is 6.42 Å². The molecule has 0 aliphatic carbocycles. The number of hydrogen-bond acceptors (Lipinski definition) is 5. The normalized spacial score (nSPS) is 16.7. The smallest absolute Gasteiger partial charge is 0.297 e. The molecular formula is C9H14N4O2. The summed E-state index contributed by atoms with van der Waals surface area (Å²) in [6.07, 6.45) is 1.89. The lowest BCUT2D eigenvalue weighted by molar-refractivity contribution is 0.120. The molecule has 1 aromatic rings. The van der Waals surface area contributed by atoms with E-state index in [4.69, 9.17) is 20.3 Å². The fraction of sp³-hybridized carbons (Fsp3) is 0.556. The molecule has 0 spiro atoms. The predicted molar refractivity (Wildman–Crippen MR) is 55.2 cm³/mol. The number of hydrogen-bond donors (Lipinski definition) is 2. The minimum absolute atomic E-state index is 0.0943. The van der Waals surface area contributed by atoms with Crippen LogP contribution >= 0.6 is 0 Å². The van der Waals surface area contributed by atoms with E-state index in [-0.39, 0.29) is 5.84 Å². The molecule has 0 amide bonds. The molecule has 82 valence electrons. The number of rotatable bonds is 3. The maximum atomic E-state index is 7.15. The number of amidine groups is 1. The van der Waals surface area contributed by atoms with E-state index in [0.717, 1.165) is 13.1 Å². The number of morpholine rings is 1. The predicted octanol–water partition coefficient (Wildman–Crippen LogP) is -0.0103. The van der Waals surface area contributed by atoms with Crippen LogP contribution in [0.5, 0.6) is 0 Å². The summed E-state index contributed by atoms with van der Waals surface area (Å²) in [5.41, 5.74) is 5.98. The summed E-state index contributed by atoms with van der Waals surface area (Å²) in [5, 5.41) is 7.15. The van der Waals surface area contributed by atoms with Crippen molar-refractivity contribution in [3.05, 3.63) is 12.0 Å². The molecule has 0 atom stereocenters. The zero-order valence-electron chi connectivity index (χ0n) is 8.40. The van der Waals surface area contributed by atoms with Crippen molar-refractivity contribution in [3.63, 3.8) is 0 Å². The average Bonchev–Trinajstić information content (AvgIpc) is 2.67. The molecule has 6 nitrogen and oxygen atoms in total. The van der Waals surface area contributed by atoms with E-state index in [1.54, 1.807) is 6.26 Å². The number of aromatic nitrogens is 1. The molecule has 1 aliphatic heterocycles. The third-order valence-electron chi connectivity index (χ3n) is 2.19. The fourth-order valence-corrected chi connectivity index (χ4v) is 1.47. The number of ether oxygens (including phenoxy) is 1. The highest BCUT2D eigenvalue weighted by molar-refractivity contribution is 5.78. The number of nitrogens with one attached hydrogen (secondary N) is 1. The van der Waals surface area contributed by atoms with Crippen LogP contribution in [0.1, 0.15) is 5.69 Å². The van der Waals surface area contributed by atoms with Gasteiger partial charge in [0.05, 0.1) is 31.2 Å². The first kappa shape index (κ1) is 9.97. The van der Waals surface area contributed by atoms with Crippen molar-refractivity contribution >= 4 is 11.9 Å². The minimum Gasteiger partial charge on any atom is -0.432 e. The Kier molecular flexibility index (Phi) is 2.86. The summed E-state index contributed by atoms with van der Waals surface area (Å²) in [7, 11) is 0. The Bertz CT molecular complexity index is 344. The Morgan fingerprint density at radius 3 is 2.93 bits per heavy atom. The van der Waals surface area contributed by atoms with Gasteiger partial charge in [-0.25, -0.2) is 0 Å². The van der Waals surface area contributed by atoms with Gasteiger partial charge < -0.3 is 19.8 Å². The molecule has 3 N–H and O–H groups in total. The molecule has 2 heterocycles. The van der Waals surface area contributed by atoms with Crippen molar-refractivity contribution < 1.29 is 9.15 Å². The molecule has 15 heavy (non-hydrogen) atoms. The first-order chi connectivity index (χ1) is 7.25. The molecule has 6 heteroatoms. The van der Waals surface area contributed by atoms with Gasteiger partial charge in [0.15, 0.2) is 0 Å². The van der Waals surface area contributed by atoms with Crippen LogP contribution in [0.25, 0.3) is 0 Å². The first-order valence-corrected chi connectivity index (χ1v) is 4.85. The summed E-state index contributed by atoms with van der Waals surface area (Å²) >= 11 is 0. The quantitative estimate of drug-likeness (QED) is 0.541. The zero-order chi connectivity index (χ0) is 10.7. The van der Waals surface area contributed by atoms with Gasteiger partial charge in [0.2, 0.25) is 0 Å². The lowest BCUT2D eigenvalue weighted by Crippen LogP contribution is -2.36. The molecule has 1 saturated heterocycles. The maximum Gasteiger partial charge on any atom is 0.297 e. The van der Waals surface area contributed by atoms with Gasteiger partial charge in [0, 0.05) is 13.1 Å². The molecule has 0 bridgehead atoms. The maximum absolute atomic E-state index is 7.15. The van der Waals surface area contributed by atoms with E-state index in [1.165, 1.54) is 0 Å². The van der Waals surface area contributed by atoms with Gasteiger partial charge in [-0.15, -0.1) is 0 Å². The highest BCUT2D eigenvalue weighted by Gasteiger charge is 2.16. The molecule has 2 rings (SSSR count). The standard InChI is InChI=1S/C9H14N4O2/c10-8(11)5-7-6-15-9(12-7)13-1-3-14-4-2-13/h6H,1-5H2,(H3,10,11). The highest BCUT2D eigenvalue weighted by atomic mass is 16.5. The third-order valence-corrected chi connectivity index (χ3v) is 2.19. The van der Waals surface area contributed by atoms with Crippen molar-refractivity contribution in [3.8, 4) is 0 Å². The van der Waals surface area contributed by atoms with Crippen molar-refractivity contribution in [2.24, 2.45) is 5.73 Å². The van der Waals surface area contributed by atoms with Gasteiger partial charge in [0.25, 0.3) is 6.01 Å². The molecule has 0 unspecified atom stereocenters. The summed E-state index contributed by atoms with van der Waals surface area (Å²) in [6.45, 7) is 2.98. The van der Waals surface area contributed by atoms with Crippen LogP contribution < -0.4 is 10.6 Å². The van der Waals surface area contributed by atoms with Crippen LogP contribution in [-0.4, -0.2) is 37.1 Å². The monoisotopic (exact) mass is 210 g/mol. The highest BCUT2D eigenvalue weighted by Crippen LogP contribution is 2.15. The molecule has 0 saturated carbocycles. The second-order valence-electron chi connectivity index (χ2n) is 3.42. The van der Waals surface area contributed by atoms with Crippen LogP contribution in [0.3, 0.4) is 0 Å². The van der Waals surface area contributed by atoms with Crippen molar-refractivity contribution in [1.82, 2.24) is 4.98 Å². The number of anilines is 1. The number of nitrogens with two attached hydrogens (primary N) is 1. The zero-order valence-corrected chi connectivity index (χ0v) is 8.40. The average molecular weight is 210 g/mol. The molecule has 0 aromatic carbocycles. The van der Waals surface area contributed by atoms with E-state index in [0.29, 0.717) is 31.3 Å². The molecular weight excluding hydrogens is 196 g/mol. The van der Waals surface area contributed by atoms with Gasteiger partial charge in [-0.05, 0) is 0 Å². The van der Waals surface area contributed by atoms with E-state index in [2.05, 4.69) is 4.98 Å². The SMILES string of the molecule is N=C(N)Cc1coc(N2CCOCC2)n1. The first-order valence-electron chi connectivity index (χ1n) is 4.85. The Balaban J connectivity index is 2.02.